The van der Waals surface area contributed by atoms with Crippen molar-refractivity contribution in [2.45, 2.75) is 26.3 Å². The average Bonchev–Trinajstić information content (AvgIpc) is 2.13. The number of aromatic nitrogens is 3. The van der Waals surface area contributed by atoms with E-state index in [0.717, 1.165) is 0 Å². The Bertz CT molecular complexity index is 394. The smallest absolute Gasteiger partial charge is 0.326 e. The van der Waals surface area contributed by atoms with Crippen LogP contribution >= 0.6 is 23.2 Å². The van der Waals surface area contributed by atoms with E-state index in [2.05, 4.69) is 20.3 Å². The molecule has 1 aromatic heterocycles. The lowest BCUT2D eigenvalue weighted by Gasteiger charge is -2.16. The van der Waals surface area contributed by atoms with Crippen molar-refractivity contribution in [1.82, 2.24) is 15.0 Å². The summed E-state index contributed by atoms with van der Waals surface area (Å²) in [6.45, 7) is 3.84. The quantitative estimate of drug-likeness (QED) is 0.858. The van der Waals surface area contributed by atoms with Crippen LogP contribution in [0.25, 0.3) is 0 Å². The van der Waals surface area contributed by atoms with E-state index >= 15 is 0 Å². The molecule has 1 atom stereocenters. The number of aliphatic carboxylic acids is 1. The fourth-order valence-corrected chi connectivity index (χ4v) is 1.60. The first-order valence-electron chi connectivity index (χ1n) is 4.95. The number of anilines is 1. The monoisotopic (exact) mass is 278 g/mol. The van der Waals surface area contributed by atoms with Crippen molar-refractivity contribution in [2.24, 2.45) is 5.92 Å². The summed E-state index contributed by atoms with van der Waals surface area (Å²) in [4.78, 5) is 22.1. The fourth-order valence-electron chi connectivity index (χ4n) is 1.24. The third kappa shape index (κ3) is 4.70. The van der Waals surface area contributed by atoms with E-state index in [1.54, 1.807) is 0 Å². The lowest BCUT2D eigenvalue weighted by atomic mass is 10.0. The van der Waals surface area contributed by atoms with Crippen LogP contribution < -0.4 is 5.32 Å². The van der Waals surface area contributed by atoms with Gasteiger partial charge < -0.3 is 10.4 Å². The molecule has 0 bridgehead atoms. The molecule has 0 aliphatic rings. The molecule has 0 saturated carbocycles. The average molecular weight is 279 g/mol. The van der Waals surface area contributed by atoms with E-state index in [1.807, 2.05) is 13.8 Å². The van der Waals surface area contributed by atoms with Crippen LogP contribution in [0.1, 0.15) is 20.3 Å². The third-order valence-corrected chi connectivity index (χ3v) is 2.23. The molecule has 0 radical (unpaired) electrons. The first kappa shape index (κ1) is 13.9. The Labute approximate surface area is 108 Å². The number of carboxylic acid groups (broad SMARTS) is 1. The van der Waals surface area contributed by atoms with Crippen LogP contribution in [0.2, 0.25) is 10.6 Å². The summed E-state index contributed by atoms with van der Waals surface area (Å²) in [6.07, 6.45) is 0.441. The van der Waals surface area contributed by atoms with Gasteiger partial charge in [0.05, 0.1) is 0 Å². The molecule has 0 saturated heterocycles. The molecule has 0 amide bonds. The van der Waals surface area contributed by atoms with Crippen molar-refractivity contribution in [3.8, 4) is 0 Å². The second-order valence-corrected chi connectivity index (χ2v) is 4.54. The molecule has 8 heteroatoms. The Balaban J connectivity index is 2.82. The van der Waals surface area contributed by atoms with Gasteiger partial charge in [-0.05, 0) is 35.5 Å². The van der Waals surface area contributed by atoms with E-state index in [4.69, 9.17) is 28.3 Å². The topological polar surface area (TPSA) is 88.0 Å². The first-order chi connectivity index (χ1) is 7.88. The number of carbonyl (C=O) groups is 1. The molecule has 0 spiro atoms. The van der Waals surface area contributed by atoms with Crippen molar-refractivity contribution >= 4 is 35.1 Å². The molecule has 0 aliphatic heterocycles. The predicted octanol–water partition coefficient (Wildman–Crippen LogP) is 2.09. The highest BCUT2D eigenvalue weighted by Gasteiger charge is 2.20. The van der Waals surface area contributed by atoms with Crippen molar-refractivity contribution in [3.63, 3.8) is 0 Å². The standard InChI is InChI=1S/C9H12Cl2N4O2/c1-4(2)3-5(6(16)17)12-9-14-7(10)13-8(11)15-9/h4-5H,3H2,1-2H3,(H,16,17)(H,12,13,14,15)/t5-/m0/s1. The Kier molecular flexibility index (Phi) is 4.89. The number of hydrogen-bond acceptors (Lipinski definition) is 5. The normalized spacial score (nSPS) is 12.5. The minimum atomic E-state index is -0.980. The van der Waals surface area contributed by atoms with E-state index in [0.29, 0.717) is 6.42 Å². The lowest BCUT2D eigenvalue weighted by molar-refractivity contribution is -0.138. The number of hydrogen-bond donors (Lipinski definition) is 2. The molecule has 94 valence electrons. The molecule has 0 aromatic carbocycles. The van der Waals surface area contributed by atoms with Gasteiger partial charge in [-0.2, -0.15) is 15.0 Å². The highest BCUT2D eigenvalue weighted by Crippen LogP contribution is 2.13. The Morgan fingerprint density at radius 2 is 1.82 bits per heavy atom. The van der Waals surface area contributed by atoms with Crippen LogP contribution in [0.5, 0.6) is 0 Å². The van der Waals surface area contributed by atoms with Gasteiger partial charge >= 0.3 is 5.97 Å². The van der Waals surface area contributed by atoms with E-state index in [1.165, 1.54) is 0 Å². The molecule has 6 nitrogen and oxygen atoms in total. The molecule has 0 aliphatic carbocycles. The molecular weight excluding hydrogens is 267 g/mol. The van der Waals surface area contributed by atoms with Crippen LogP contribution in [0, 0.1) is 5.92 Å². The molecule has 2 N–H and O–H groups in total. The minimum absolute atomic E-state index is 0.0584. The van der Waals surface area contributed by atoms with Crippen molar-refractivity contribution in [2.75, 3.05) is 5.32 Å². The van der Waals surface area contributed by atoms with E-state index in [9.17, 15) is 4.79 Å². The second kappa shape index (κ2) is 5.97. The van der Waals surface area contributed by atoms with E-state index in [-0.39, 0.29) is 22.4 Å². The molecule has 1 rings (SSSR count). The van der Waals surface area contributed by atoms with Gasteiger partial charge in [0.15, 0.2) is 0 Å². The molecule has 0 fully saturated rings. The predicted molar refractivity (Wildman–Crippen MR) is 64.3 cm³/mol. The number of carboxylic acids is 1. The fraction of sp³-hybridized carbons (Fsp3) is 0.556. The largest absolute Gasteiger partial charge is 0.480 e. The van der Waals surface area contributed by atoms with Crippen molar-refractivity contribution in [1.29, 1.82) is 0 Å². The van der Waals surface area contributed by atoms with Gasteiger partial charge in [-0.15, -0.1) is 0 Å². The zero-order chi connectivity index (χ0) is 13.0. The SMILES string of the molecule is CC(C)C[C@H](Nc1nc(Cl)nc(Cl)n1)C(=O)O. The van der Waals surface area contributed by atoms with Crippen molar-refractivity contribution in [3.05, 3.63) is 10.6 Å². The Morgan fingerprint density at radius 1 is 1.29 bits per heavy atom. The van der Waals surface area contributed by atoms with Gasteiger partial charge in [-0.25, -0.2) is 4.79 Å². The van der Waals surface area contributed by atoms with Crippen LogP contribution in [0.3, 0.4) is 0 Å². The summed E-state index contributed by atoms with van der Waals surface area (Å²) in [5.41, 5.74) is 0. The molecule has 1 aromatic rings. The maximum Gasteiger partial charge on any atom is 0.326 e. The summed E-state index contributed by atoms with van der Waals surface area (Å²) in [5.74, 6) is -0.703. The zero-order valence-corrected chi connectivity index (χ0v) is 10.8. The van der Waals surface area contributed by atoms with Crippen LogP contribution in [-0.2, 0) is 4.79 Å². The number of nitrogens with one attached hydrogen (secondary N) is 1. The van der Waals surface area contributed by atoms with Crippen LogP contribution in [0.4, 0.5) is 5.95 Å². The maximum atomic E-state index is 11.0. The summed E-state index contributed by atoms with van der Waals surface area (Å²) in [6, 6.07) is -0.787. The molecular formula is C9H12Cl2N4O2. The molecule has 1 heterocycles. The van der Waals surface area contributed by atoms with E-state index < -0.39 is 12.0 Å². The Hall–Kier alpha value is -1.14. The van der Waals surface area contributed by atoms with Gasteiger partial charge in [-0.1, -0.05) is 13.8 Å². The van der Waals surface area contributed by atoms with Crippen LogP contribution in [0.15, 0.2) is 0 Å². The summed E-state index contributed by atoms with van der Waals surface area (Å²) in [7, 11) is 0. The summed E-state index contributed by atoms with van der Waals surface area (Å²) < 4.78 is 0. The zero-order valence-electron chi connectivity index (χ0n) is 9.31. The van der Waals surface area contributed by atoms with Gasteiger partial charge in [0, 0.05) is 0 Å². The maximum absolute atomic E-state index is 11.0. The Morgan fingerprint density at radius 3 is 2.24 bits per heavy atom. The second-order valence-electron chi connectivity index (χ2n) is 3.86. The van der Waals surface area contributed by atoms with Gasteiger partial charge in [0.2, 0.25) is 16.5 Å². The number of rotatable bonds is 5. The highest BCUT2D eigenvalue weighted by atomic mass is 35.5. The molecule has 17 heavy (non-hydrogen) atoms. The van der Waals surface area contributed by atoms with Gasteiger partial charge in [0.1, 0.15) is 6.04 Å². The third-order valence-electron chi connectivity index (χ3n) is 1.89. The molecule has 0 unspecified atom stereocenters. The minimum Gasteiger partial charge on any atom is -0.480 e. The summed E-state index contributed by atoms with van der Waals surface area (Å²) >= 11 is 11.2. The van der Waals surface area contributed by atoms with Gasteiger partial charge in [0.25, 0.3) is 0 Å². The summed E-state index contributed by atoms with van der Waals surface area (Å²) in [5, 5.41) is 11.5. The first-order valence-corrected chi connectivity index (χ1v) is 5.70. The lowest BCUT2D eigenvalue weighted by Crippen LogP contribution is -2.31. The van der Waals surface area contributed by atoms with Gasteiger partial charge in [-0.3, -0.25) is 0 Å². The highest BCUT2D eigenvalue weighted by molar-refractivity contribution is 6.31. The number of halogens is 2. The van der Waals surface area contributed by atoms with Crippen molar-refractivity contribution < 1.29 is 9.90 Å². The number of nitrogens with zero attached hydrogens (tertiary/aromatic N) is 3. The van der Waals surface area contributed by atoms with Crippen LogP contribution in [-0.4, -0.2) is 32.1 Å².